The van der Waals surface area contributed by atoms with Crippen molar-refractivity contribution in [3.8, 4) is 11.8 Å². The van der Waals surface area contributed by atoms with Crippen molar-refractivity contribution in [2.45, 2.75) is 0 Å². The molecule has 0 fully saturated rings. The summed E-state index contributed by atoms with van der Waals surface area (Å²) in [5.74, 6) is 0.654. The van der Waals surface area contributed by atoms with Gasteiger partial charge in [-0.15, -0.1) is 0 Å². The minimum atomic E-state index is 0.138. The van der Waals surface area contributed by atoms with Crippen LogP contribution in [0.25, 0.3) is 6.08 Å². The predicted octanol–water partition coefficient (Wildman–Crippen LogP) is 1.53. The number of benzene rings is 1. The van der Waals surface area contributed by atoms with E-state index < -0.39 is 0 Å². The van der Waals surface area contributed by atoms with Crippen LogP contribution in [-0.2, 0) is 9.47 Å². The Labute approximate surface area is 113 Å². The summed E-state index contributed by atoms with van der Waals surface area (Å²) in [6, 6.07) is 7.28. The van der Waals surface area contributed by atoms with Crippen molar-refractivity contribution in [1.82, 2.24) is 0 Å². The molecule has 0 radical (unpaired) electrons. The highest BCUT2D eigenvalue weighted by Crippen LogP contribution is 2.21. The van der Waals surface area contributed by atoms with Crippen LogP contribution >= 0.6 is 0 Å². The Kier molecular flexibility index (Phi) is 7.28. The first-order valence-electron chi connectivity index (χ1n) is 5.92. The molecule has 0 heterocycles. The molecule has 0 aliphatic heterocycles. The maximum atomic E-state index is 8.87. The fraction of sp³-hybridized carbons (Fsp3) is 0.357. The molecule has 0 aliphatic carbocycles. The summed E-state index contributed by atoms with van der Waals surface area (Å²) in [7, 11) is 1.61. The highest BCUT2D eigenvalue weighted by molar-refractivity contribution is 5.59. The highest BCUT2D eigenvalue weighted by Gasteiger charge is 2.02. The van der Waals surface area contributed by atoms with Gasteiger partial charge in [0.1, 0.15) is 5.75 Å². The molecule has 1 aromatic carbocycles. The number of rotatable bonds is 8. The van der Waals surface area contributed by atoms with E-state index in [1.807, 2.05) is 6.08 Å². The first kappa shape index (κ1) is 15.2. The maximum absolute atomic E-state index is 8.87. The first-order chi connectivity index (χ1) is 9.31. The third-order valence-electron chi connectivity index (χ3n) is 2.30. The summed E-state index contributed by atoms with van der Waals surface area (Å²) in [4.78, 5) is 0. The quantitative estimate of drug-likeness (QED) is 0.568. The van der Waals surface area contributed by atoms with E-state index in [2.05, 4.69) is 6.07 Å². The van der Waals surface area contributed by atoms with E-state index in [0.717, 1.165) is 5.56 Å². The predicted molar refractivity (Wildman–Crippen MR) is 72.6 cm³/mol. The lowest BCUT2D eigenvalue weighted by Crippen LogP contribution is -2.08. The zero-order chi connectivity index (χ0) is 13.9. The summed E-state index contributed by atoms with van der Waals surface area (Å²) in [5.41, 5.74) is 6.80. The SMILES string of the molecule is COCCOCOc1ccc(C#N)cc1/C=C/CN. The second-order valence-electron chi connectivity index (χ2n) is 3.67. The lowest BCUT2D eigenvalue weighted by molar-refractivity contribution is -0.00856. The Bertz CT molecular complexity index is 452. The monoisotopic (exact) mass is 262 g/mol. The van der Waals surface area contributed by atoms with E-state index >= 15 is 0 Å². The zero-order valence-corrected chi connectivity index (χ0v) is 11.0. The van der Waals surface area contributed by atoms with Crippen molar-refractivity contribution < 1.29 is 14.2 Å². The molecular weight excluding hydrogens is 244 g/mol. The molecule has 0 atom stereocenters. The number of hydrogen-bond donors (Lipinski definition) is 1. The van der Waals surface area contributed by atoms with Crippen LogP contribution < -0.4 is 10.5 Å². The van der Waals surface area contributed by atoms with Crippen molar-refractivity contribution in [3.05, 3.63) is 35.4 Å². The van der Waals surface area contributed by atoms with Gasteiger partial charge < -0.3 is 19.9 Å². The topological polar surface area (TPSA) is 77.5 Å². The number of nitriles is 1. The summed E-state index contributed by atoms with van der Waals surface area (Å²) in [5, 5.41) is 8.87. The summed E-state index contributed by atoms with van der Waals surface area (Å²) < 4.78 is 15.6. The van der Waals surface area contributed by atoms with Crippen molar-refractivity contribution in [1.29, 1.82) is 5.26 Å². The van der Waals surface area contributed by atoms with Crippen LogP contribution in [0.1, 0.15) is 11.1 Å². The van der Waals surface area contributed by atoms with Crippen LogP contribution in [0.15, 0.2) is 24.3 Å². The van der Waals surface area contributed by atoms with E-state index in [9.17, 15) is 0 Å². The van der Waals surface area contributed by atoms with Crippen molar-refractivity contribution in [3.63, 3.8) is 0 Å². The standard InChI is InChI=1S/C14H18N2O3/c1-17-7-8-18-11-19-14-5-4-12(10-16)9-13(14)3-2-6-15/h2-5,9H,6-8,11,15H2,1H3/b3-2+. The van der Waals surface area contributed by atoms with Crippen LogP contribution in [0.4, 0.5) is 0 Å². The van der Waals surface area contributed by atoms with Gasteiger partial charge >= 0.3 is 0 Å². The van der Waals surface area contributed by atoms with Gasteiger partial charge in [0.25, 0.3) is 0 Å². The highest BCUT2D eigenvalue weighted by atomic mass is 16.7. The second kappa shape index (κ2) is 9.11. The van der Waals surface area contributed by atoms with Crippen molar-refractivity contribution in [2.24, 2.45) is 5.73 Å². The van der Waals surface area contributed by atoms with Crippen LogP contribution in [0.3, 0.4) is 0 Å². The second-order valence-corrected chi connectivity index (χ2v) is 3.67. The molecule has 5 heteroatoms. The van der Waals surface area contributed by atoms with Gasteiger partial charge in [-0.25, -0.2) is 0 Å². The van der Waals surface area contributed by atoms with Crippen LogP contribution in [-0.4, -0.2) is 33.7 Å². The molecule has 1 aromatic rings. The van der Waals surface area contributed by atoms with Crippen LogP contribution in [0.2, 0.25) is 0 Å². The number of nitrogens with two attached hydrogens (primary N) is 1. The summed E-state index contributed by atoms with van der Waals surface area (Å²) in [6.07, 6.45) is 3.63. The van der Waals surface area contributed by atoms with Crippen molar-refractivity contribution >= 4 is 6.08 Å². The lowest BCUT2D eigenvalue weighted by Gasteiger charge is -2.10. The normalized spacial score (nSPS) is 10.6. The summed E-state index contributed by atoms with van der Waals surface area (Å²) in [6.45, 7) is 1.57. The van der Waals surface area contributed by atoms with Gasteiger partial charge in [0.05, 0.1) is 24.8 Å². The third-order valence-corrected chi connectivity index (χ3v) is 2.30. The zero-order valence-electron chi connectivity index (χ0n) is 11.0. The van der Waals surface area contributed by atoms with Gasteiger partial charge in [0.15, 0.2) is 6.79 Å². The van der Waals surface area contributed by atoms with E-state index in [4.69, 9.17) is 25.2 Å². The molecule has 0 saturated heterocycles. The summed E-state index contributed by atoms with van der Waals surface area (Å²) >= 11 is 0. The van der Waals surface area contributed by atoms with Crippen LogP contribution in [0, 0.1) is 11.3 Å². The molecule has 0 spiro atoms. The minimum absolute atomic E-state index is 0.138. The molecule has 0 aliphatic rings. The van der Waals surface area contributed by atoms with Crippen LogP contribution in [0.5, 0.6) is 5.75 Å². The van der Waals surface area contributed by atoms with Gasteiger partial charge in [0, 0.05) is 19.2 Å². The molecule has 2 N–H and O–H groups in total. The van der Waals surface area contributed by atoms with E-state index in [0.29, 0.717) is 31.1 Å². The lowest BCUT2D eigenvalue weighted by atomic mass is 10.1. The number of hydrogen-bond acceptors (Lipinski definition) is 5. The van der Waals surface area contributed by atoms with E-state index in [1.54, 1.807) is 31.4 Å². The number of nitrogens with zero attached hydrogens (tertiary/aromatic N) is 1. The molecule has 0 amide bonds. The van der Waals surface area contributed by atoms with Gasteiger partial charge in [0.2, 0.25) is 0 Å². The van der Waals surface area contributed by atoms with Gasteiger partial charge in [-0.2, -0.15) is 5.26 Å². The fourth-order valence-corrected chi connectivity index (χ4v) is 1.38. The average molecular weight is 262 g/mol. The Morgan fingerprint density at radius 1 is 1.37 bits per heavy atom. The van der Waals surface area contributed by atoms with Crippen molar-refractivity contribution in [2.75, 3.05) is 33.7 Å². The van der Waals surface area contributed by atoms with Gasteiger partial charge in [-0.05, 0) is 18.2 Å². The smallest absolute Gasteiger partial charge is 0.189 e. The molecule has 0 saturated carbocycles. The molecule has 1 rings (SSSR count). The fourth-order valence-electron chi connectivity index (χ4n) is 1.38. The molecule has 0 bridgehead atoms. The Hall–Kier alpha value is -1.87. The Morgan fingerprint density at radius 2 is 2.21 bits per heavy atom. The van der Waals surface area contributed by atoms with E-state index in [1.165, 1.54) is 0 Å². The minimum Gasteiger partial charge on any atom is -0.467 e. The Morgan fingerprint density at radius 3 is 2.89 bits per heavy atom. The number of ether oxygens (including phenoxy) is 3. The molecule has 102 valence electrons. The maximum Gasteiger partial charge on any atom is 0.189 e. The first-order valence-corrected chi connectivity index (χ1v) is 5.92. The Balaban J connectivity index is 2.65. The average Bonchev–Trinajstić information content (AvgIpc) is 2.45. The largest absolute Gasteiger partial charge is 0.467 e. The van der Waals surface area contributed by atoms with Gasteiger partial charge in [-0.1, -0.05) is 12.2 Å². The molecular formula is C14H18N2O3. The molecule has 5 nitrogen and oxygen atoms in total. The van der Waals surface area contributed by atoms with E-state index in [-0.39, 0.29) is 6.79 Å². The van der Waals surface area contributed by atoms with Gasteiger partial charge in [-0.3, -0.25) is 0 Å². The third kappa shape index (κ3) is 5.53. The molecule has 19 heavy (non-hydrogen) atoms. The molecule has 0 aromatic heterocycles. The molecule has 0 unspecified atom stereocenters. The number of methoxy groups -OCH3 is 1.